The van der Waals surface area contributed by atoms with E-state index >= 15 is 0 Å². The van der Waals surface area contributed by atoms with Gasteiger partial charge in [0.2, 0.25) is 15.9 Å². The molecule has 2 N–H and O–H groups in total. The number of carbonyl (C=O) groups is 2. The van der Waals surface area contributed by atoms with Gasteiger partial charge < -0.3 is 10.4 Å². The summed E-state index contributed by atoms with van der Waals surface area (Å²) in [5.74, 6) is -1.21. The van der Waals surface area contributed by atoms with Crippen LogP contribution in [-0.4, -0.2) is 54.6 Å². The van der Waals surface area contributed by atoms with Crippen LogP contribution in [0.15, 0.2) is 0 Å². The van der Waals surface area contributed by atoms with E-state index in [-0.39, 0.29) is 24.0 Å². The number of carboxylic acids is 1. The highest BCUT2D eigenvalue weighted by Gasteiger charge is 2.31. The lowest BCUT2D eigenvalue weighted by atomic mass is 9.97. The van der Waals surface area contributed by atoms with E-state index < -0.39 is 22.0 Å². The van der Waals surface area contributed by atoms with Gasteiger partial charge in [0, 0.05) is 25.0 Å². The molecule has 7 nitrogen and oxygen atoms in total. The molecule has 0 saturated carbocycles. The van der Waals surface area contributed by atoms with Crippen molar-refractivity contribution in [2.75, 3.05) is 18.8 Å². The maximum absolute atomic E-state index is 12.1. The molecule has 1 rings (SSSR count). The zero-order chi connectivity index (χ0) is 16.8. The average Bonchev–Trinajstić information content (AvgIpc) is 2.44. The number of amides is 1. The lowest BCUT2D eigenvalue weighted by Gasteiger charge is -2.31. The first-order valence-electron chi connectivity index (χ1n) is 7.76. The third-order valence-electron chi connectivity index (χ3n) is 3.84. The highest BCUT2D eigenvalue weighted by atomic mass is 32.2. The Labute approximate surface area is 132 Å². The van der Waals surface area contributed by atoms with Crippen molar-refractivity contribution in [2.24, 2.45) is 5.92 Å². The topological polar surface area (TPSA) is 104 Å². The molecule has 1 heterocycles. The number of hydrogen-bond donors (Lipinski definition) is 2. The summed E-state index contributed by atoms with van der Waals surface area (Å²) in [6.45, 7) is 4.32. The van der Waals surface area contributed by atoms with E-state index in [9.17, 15) is 18.0 Å². The maximum atomic E-state index is 12.1. The Morgan fingerprint density at radius 1 is 1.32 bits per heavy atom. The van der Waals surface area contributed by atoms with Gasteiger partial charge in [-0.15, -0.1) is 0 Å². The summed E-state index contributed by atoms with van der Waals surface area (Å²) in [5.41, 5.74) is 0. The summed E-state index contributed by atoms with van der Waals surface area (Å²) in [4.78, 5) is 22.6. The van der Waals surface area contributed by atoms with Crippen LogP contribution < -0.4 is 5.32 Å². The number of sulfonamides is 1. The van der Waals surface area contributed by atoms with Crippen molar-refractivity contribution in [3.05, 3.63) is 0 Å². The van der Waals surface area contributed by atoms with E-state index in [1.54, 1.807) is 6.92 Å². The van der Waals surface area contributed by atoms with Gasteiger partial charge in [-0.25, -0.2) is 12.7 Å². The van der Waals surface area contributed by atoms with Gasteiger partial charge in [-0.05, 0) is 26.2 Å². The van der Waals surface area contributed by atoms with E-state index in [1.807, 2.05) is 6.92 Å². The lowest BCUT2D eigenvalue weighted by molar-refractivity contribution is -0.137. The largest absolute Gasteiger partial charge is 0.481 e. The second-order valence-electron chi connectivity index (χ2n) is 5.85. The van der Waals surface area contributed by atoms with Crippen molar-refractivity contribution in [2.45, 2.75) is 52.0 Å². The Morgan fingerprint density at radius 2 is 1.91 bits per heavy atom. The van der Waals surface area contributed by atoms with Gasteiger partial charge in [-0.2, -0.15) is 0 Å². The Bertz CT molecular complexity index is 483. The normalized spacial score (nSPS) is 18.8. The van der Waals surface area contributed by atoms with Gasteiger partial charge in [-0.3, -0.25) is 9.59 Å². The molecule has 8 heteroatoms. The van der Waals surface area contributed by atoms with Gasteiger partial charge in [0.15, 0.2) is 0 Å². The predicted molar refractivity (Wildman–Crippen MR) is 82.8 cm³/mol. The van der Waals surface area contributed by atoms with Crippen LogP contribution >= 0.6 is 0 Å². The summed E-state index contributed by atoms with van der Waals surface area (Å²) in [6, 6.07) is -0.420. The van der Waals surface area contributed by atoms with Crippen molar-refractivity contribution in [3.63, 3.8) is 0 Å². The molecular formula is C14H26N2O5S. The molecule has 1 atom stereocenters. The van der Waals surface area contributed by atoms with Crippen molar-refractivity contribution >= 4 is 21.9 Å². The summed E-state index contributed by atoms with van der Waals surface area (Å²) < 4.78 is 25.6. The Balaban J connectivity index is 2.44. The molecule has 1 fully saturated rings. The molecule has 0 aromatic carbocycles. The van der Waals surface area contributed by atoms with E-state index in [0.717, 1.165) is 6.42 Å². The summed E-state index contributed by atoms with van der Waals surface area (Å²) in [5, 5.41) is 11.4. The zero-order valence-corrected chi connectivity index (χ0v) is 14.1. The fraction of sp³-hybridized carbons (Fsp3) is 0.857. The van der Waals surface area contributed by atoms with Crippen LogP contribution in [0.5, 0.6) is 0 Å². The average molecular weight is 334 g/mol. The molecule has 1 amide bonds. The number of rotatable bonds is 8. The van der Waals surface area contributed by atoms with Crippen LogP contribution in [0.3, 0.4) is 0 Å². The van der Waals surface area contributed by atoms with Gasteiger partial charge >= 0.3 is 5.97 Å². The molecule has 1 unspecified atom stereocenters. The first-order chi connectivity index (χ1) is 10.3. The van der Waals surface area contributed by atoms with Gasteiger partial charge in [0.25, 0.3) is 0 Å². The molecule has 22 heavy (non-hydrogen) atoms. The number of nitrogens with zero attached hydrogens (tertiary/aromatic N) is 1. The number of piperidine rings is 1. The predicted octanol–water partition coefficient (Wildman–Crippen LogP) is 0.808. The molecule has 0 bridgehead atoms. The van der Waals surface area contributed by atoms with E-state index in [4.69, 9.17) is 5.11 Å². The van der Waals surface area contributed by atoms with Crippen LogP contribution in [0.25, 0.3) is 0 Å². The molecule has 0 aliphatic carbocycles. The number of nitrogens with one attached hydrogen (secondary N) is 1. The monoisotopic (exact) mass is 334 g/mol. The third-order valence-corrected chi connectivity index (χ3v) is 5.80. The van der Waals surface area contributed by atoms with Crippen LogP contribution in [0.4, 0.5) is 0 Å². The minimum absolute atomic E-state index is 0.115. The number of aliphatic carboxylic acids is 1. The van der Waals surface area contributed by atoms with Gasteiger partial charge in [0.1, 0.15) is 0 Å². The molecule has 0 spiro atoms. The molecule has 0 aromatic rings. The van der Waals surface area contributed by atoms with Crippen molar-refractivity contribution < 1.29 is 23.1 Å². The van der Waals surface area contributed by atoms with Gasteiger partial charge in [-0.1, -0.05) is 13.3 Å². The molecule has 1 saturated heterocycles. The molecule has 1 aliphatic rings. The van der Waals surface area contributed by atoms with Crippen molar-refractivity contribution in [1.29, 1.82) is 0 Å². The Hall–Kier alpha value is -1.15. The van der Waals surface area contributed by atoms with Crippen LogP contribution in [0.1, 0.15) is 46.0 Å². The van der Waals surface area contributed by atoms with E-state index in [2.05, 4.69) is 5.32 Å². The maximum Gasteiger partial charge on any atom is 0.305 e. The lowest BCUT2D eigenvalue weighted by Crippen LogP contribution is -2.45. The van der Waals surface area contributed by atoms with Gasteiger partial charge in [0.05, 0.1) is 12.2 Å². The zero-order valence-electron chi connectivity index (χ0n) is 13.2. The van der Waals surface area contributed by atoms with Crippen LogP contribution in [0.2, 0.25) is 0 Å². The number of unbranched alkanes of at least 4 members (excludes halogenated alkanes) is 1. The standard InChI is InChI=1S/C14H26N2O5S/c1-3-4-9-22(20,21)16-7-5-12(6-8-16)14(19)15-11(2)10-13(17)18/h11-12H,3-10H2,1-2H3,(H,15,19)(H,17,18). The second-order valence-corrected chi connectivity index (χ2v) is 7.94. The molecule has 1 aliphatic heterocycles. The smallest absolute Gasteiger partial charge is 0.305 e. The fourth-order valence-corrected chi connectivity index (χ4v) is 4.20. The summed E-state index contributed by atoms with van der Waals surface area (Å²) in [7, 11) is -3.21. The fourth-order valence-electron chi connectivity index (χ4n) is 2.53. The Kier molecular flexibility index (Phi) is 7.28. The Morgan fingerprint density at radius 3 is 2.41 bits per heavy atom. The van der Waals surface area contributed by atoms with Crippen molar-refractivity contribution in [1.82, 2.24) is 9.62 Å². The molecular weight excluding hydrogens is 308 g/mol. The van der Waals surface area contributed by atoms with E-state index in [1.165, 1.54) is 4.31 Å². The number of hydrogen-bond acceptors (Lipinski definition) is 4. The van der Waals surface area contributed by atoms with Crippen molar-refractivity contribution in [3.8, 4) is 0 Å². The molecule has 128 valence electrons. The first-order valence-corrected chi connectivity index (χ1v) is 9.37. The first kappa shape index (κ1) is 18.9. The molecule has 0 radical (unpaired) electrons. The van der Waals surface area contributed by atoms with E-state index in [0.29, 0.717) is 32.4 Å². The summed E-state index contributed by atoms with van der Waals surface area (Å²) in [6.07, 6.45) is 2.33. The minimum atomic E-state index is -3.21. The highest BCUT2D eigenvalue weighted by molar-refractivity contribution is 7.89. The minimum Gasteiger partial charge on any atom is -0.481 e. The van der Waals surface area contributed by atoms with Crippen LogP contribution in [0, 0.1) is 5.92 Å². The summed E-state index contributed by atoms with van der Waals surface area (Å²) >= 11 is 0. The highest BCUT2D eigenvalue weighted by Crippen LogP contribution is 2.20. The van der Waals surface area contributed by atoms with Crippen LogP contribution in [-0.2, 0) is 19.6 Å². The number of carbonyl (C=O) groups excluding carboxylic acids is 1. The number of carboxylic acid groups (broad SMARTS) is 1. The third kappa shape index (κ3) is 5.92. The SMILES string of the molecule is CCCCS(=O)(=O)N1CCC(C(=O)NC(C)CC(=O)O)CC1. The molecule has 0 aromatic heterocycles. The second kappa shape index (κ2) is 8.47. The quantitative estimate of drug-likeness (QED) is 0.683.